The first-order valence-electron chi connectivity index (χ1n) is 5.62. The highest BCUT2D eigenvalue weighted by Crippen LogP contribution is 2.23. The van der Waals surface area contributed by atoms with Gasteiger partial charge >= 0.3 is 0 Å². The largest absolute Gasteiger partial charge is 0.320 e. The van der Waals surface area contributed by atoms with Crippen LogP contribution in [0, 0.1) is 6.92 Å². The molecule has 0 aliphatic carbocycles. The van der Waals surface area contributed by atoms with Gasteiger partial charge in [0.15, 0.2) is 0 Å². The fourth-order valence-corrected chi connectivity index (χ4v) is 1.75. The van der Waals surface area contributed by atoms with Crippen molar-refractivity contribution in [3.8, 4) is 0 Å². The maximum atomic E-state index is 12.1. The van der Waals surface area contributed by atoms with Crippen LogP contribution in [0.25, 0.3) is 0 Å². The molecule has 98 valence electrons. The van der Waals surface area contributed by atoms with E-state index in [1.165, 1.54) is 0 Å². The summed E-state index contributed by atoms with van der Waals surface area (Å²) in [5, 5.41) is 3.36. The fraction of sp³-hybridized carbons (Fsp3) is 0.0769. The third kappa shape index (κ3) is 3.01. The fourth-order valence-electron chi connectivity index (χ4n) is 1.57. The molecule has 0 aliphatic rings. The number of carbonyl (C=O) groups excluding carboxylic acids is 1. The Morgan fingerprint density at radius 2 is 2.00 bits per heavy atom. The zero-order chi connectivity index (χ0) is 13.8. The Morgan fingerprint density at radius 1 is 1.26 bits per heavy atom. The number of benzene rings is 1. The monoisotopic (exact) mass is 276 g/mol. The molecule has 0 atom stereocenters. The van der Waals surface area contributed by atoms with Gasteiger partial charge in [-0.05, 0) is 36.8 Å². The lowest BCUT2D eigenvalue weighted by Crippen LogP contribution is -2.16. The van der Waals surface area contributed by atoms with E-state index in [1.54, 1.807) is 36.4 Å². The number of nitrogens with one attached hydrogen (secondary N) is 2. The second kappa shape index (κ2) is 5.69. The molecule has 1 amide bonds. The highest BCUT2D eigenvalue weighted by Gasteiger charge is 2.10. The number of nitrogens with two attached hydrogens (primary N) is 1. The minimum atomic E-state index is -0.317. The number of nitrogen functional groups attached to an aromatic ring is 1. The number of rotatable bonds is 3. The van der Waals surface area contributed by atoms with Gasteiger partial charge < -0.3 is 10.7 Å². The molecule has 2 aromatic rings. The van der Waals surface area contributed by atoms with Gasteiger partial charge in [-0.1, -0.05) is 23.7 Å². The summed E-state index contributed by atoms with van der Waals surface area (Å²) in [5.74, 6) is 5.36. The van der Waals surface area contributed by atoms with Crippen molar-refractivity contribution in [1.29, 1.82) is 0 Å². The smallest absolute Gasteiger partial charge is 0.274 e. The lowest BCUT2D eigenvalue weighted by Gasteiger charge is -2.09. The van der Waals surface area contributed by atoms with Crippen LogP contribution in [0.1, 0.15) is 16.1 Å². The minimum Gasteiger partial charge on any atom is -0.320 e. The van der Waals surface area contributed by atoms with Crippen molar-refractivity contribution < 1.29 is 4.79 Å². The number of hydrogen-bond donors (Lipinski definition) is 3. The summed E-state index contributed by atoms with van der Waals surface area (Å²) in [6, 6.07) is 10.3. The summed E-state index contributed by atoms with van der Waals surface area (Å²) in [7, 11) is 0. The Labute approximate surface area is 115 Å². The Kier molecular flexibility index (Phi) is 3.99. The van der Waals surface area contributed by atoms with E-state index < -0.39 is 0 Å². The number of amides is 1. The van der Waals surface area contributed by atoms with Crippen molar-refractivity contribution in [3.63, 3.8) is 0 Å². The summed E-state index contributed by atoms with van der Waals surface area (Å²) in [6.45, 7) is 1.84. The highest BCUT2D eigenvalue weighted by molar-refractivity contribution is 6.31. The molecule has 4 N–H and O–H groups in total. The first-order valence-corrected chi connectivity index (χ1v) is 5.99. The zero-order valence-corrected chi connectivity index (χ0v) is 11.0. The first kappa shape index (κ1) is 13.3. The standard InChI is InChI=1S/C13H13ClN4O/c1-8-9(14)4-2-5-10(8)17-13(19)11-6-3-7-12(16-11)18-15/h2-7H,15H2,1H3,(H,16,18)(H,17,19). The van der Waals surface area contributed by atoms with Crippen molar-refractivity contribution >= 4 is 29.0 Å². The van der Waals surface area contributed by atoms with Crippen LogP contribution in [0.5, 0.6) is 0 Å². The molecule has 0 saturated carbocycles. The molecule has 1 heterocycles. The SMILES string of the molecule is Cc1c(Cl)cccc1NC(=O)c1cccc(NN)n1. The van der Waals surface area contributed by atoms with E-state index in [-0.39, 0.29) is 11.6 Å². The number of aromatic nitrogens is 1. The number of anilines is 2. The molecule has 2 rings (SSSR count). The van der Waals surface area contributed by atoms with E-state index in [4.69, 9.17) is 17.4 Å². The normalized spacial score (nSPS) is 10.1. The molecule has 1 aromatic carbocycles. The molecule has 6 heteroatoms. The van der Waals surface area contributed by atoms with E-state index in [0.717, 1.165) is 5.56 Å². The predicted molar refractivity (Wildman–Crippen MR) is 76.2 cm³/mol. The van der Waals surface area contributed by atoms with Gasteiger partial charge in [0.1, 0.15) is 11.5 Å². The highest BCUT2D eigenvalue weighted by atomic mass is 35.5. The molecule has 0 fully saturated rings. The van der Waals surface area contributed by atoms with Crippen LogP contribution in [0.15, 0.2) is 36.4 Å². The van der Waals surface area contributed by atoms with E-state index >= 15 is 0 Å². The van der Waals surface area contributed by atoms with Crippen LogP contribution < -0.4 is 16.6 Å². The minimum absolute atomic E-state index is 0.273. The van der Waals surface area contributed by atoms with Crippen LogP contribution in [0.3, 0.4) is 0 Å². The number of halogens is 1. The lowest BCUT2D eigenvalue weighted by molar-refractivity contribution is 0.102. The van der Waals surface area contributed by atoms with Crippen LogP contribution in [0.2, 0.25) is 5.02 Å². The van der Waals surface area contributed by atoms with Crippen LogP contribution in [0.4, 0.5) is 11.5 Å². The maximum Gasteiger partial charge on any atom is 0.274 e. The van der Waals surface area contributed by atoms with Gasteiger partial charge in [-0.3, -0.25) is 4.79 Å². The summed E-state index contributed by atoms with van der Waals surface area (Å²) < 4.78 is 0. The van der Waals surface area contributed by atoms with Crippen molar-refractivity contribution in [2.45, 2.75) is 6.92 Å². The van der Waals surface area contributed by atoms with E-state index in [1.807, 2.05) is 6.92 Å². The summed E-state index contributed by atoms with van der Waals surface area (Å²) in [4.78, 5) is 16.1. The average Bonchev–Trinajstić information content (AvgIpc) is 2.44. The maximum absolute atomic E-state index is 12.1. The Morgan fingerprint density at radius 3 is 2.74 bits per heavy atom. The third-order valence-electron chi connectivity index (χ3n) is 2.65. The Hall–Kier alpha value is -2.11. The summed E-state index contributed by atoms with van der Waals surface area (Å²) >= 11 is 6.00. The molecule has 0 bridgehead atoms. The van der Waals surface area contributed by atoms with Gasteiger partial charge in [-0.2, -0.15) is 0 Å². The molecule has 0 unspecified atom stereocenters. The molecule has 0 spiro atoms. The van der Waals surface area contributed by atoms with Gasteiger partial charge in [0.05, 0.1) is 0 Å². The van der Waals surface area contributed by atoms with Crippen LogP contribution in [-0.4, -0.2) is 10.9 Å². The molecule has 5 nitrogen and oxygen atoms in total. The first-order chi connectivity index (χ1) is 9.11. The quantitative estimate of drug-likeness (QED) is 0.595. The number of pyridine rings is 1. The topological polar surface area (TPSA) is 80.0 Å². The van der Waals surface area contributed by atoms with Gasteiger partial charge in [-0.15, -0.1) is 0 Å². The van der Waals surface area contributed by atoms with Crippen molar-refractivity contribution in [3.05, 3.63) is 52.7 Å². The third-order valence-corrected chi connectivity index (χ3v) is 3.05. The predicted octanol–water partition coefficient (Wildman–Crippen LogP) is 2.58. The van der Waals surface area contributed by atoms with Crippen LogP contribution >= 0.6 is 11.6 Å². The van der Waals surface area contributed by atoms with Crippen molar-refractivity contribution in [1.82, 2.24) is 4.98 Å². The second-order valence-electron chi connectivity index (χ2n) is 3.92. The van der Waals surface area contributed by atoms with Crippen molar-refractivity contribution in [2.24, 2.45) is 5.84 Å². The summed E-state index contributed by atoms with van der Waals surface area (Å²) in [5.41, 5.74) is 4.14. The lowest BCUT2D eigenvalue weighted by atomic mass is 10.2. The van der Waals surface area contributed by atoms with E-state index in [0.29, 0.717) is 16.5 Å². The average molecular weight is 277 g/mol. The Balaban J connectivity index is 2.23. The summed E-state index contributed by atoms with van der Waals surface area (Å²) in [6.07, 6.45) is 0. The van der Waals surface area contributed by atoms with Gasteiger partial charge in [-0.25, -0.2) is 10.8 Å². The zero-order valence-electron chi connectivity index (χ0n) is 10.3. The van der Waals surface area contributed by atoms with Gasteiger partial charge in [0, 0.05) is 10.7 Å². The Bertz CT molecular complexity index is 615. The number of hydrogen-bond acceptors (Lipinski definition) is 4. The van der Waals surface area contributed by atoms with E-state index in [9.17, 15) is 4.79 Å². The number of hydrazine groups is 1. The molecular formula is C13H13ClN4O. The van der Waals surface area contributed by atoms with Gasteiger partial charge in [0.25, 0.3) is 5.91 Å². The van der Waals surface area contributed by atoms with Crippen molar-refractivity contribution in [2.75, 3.05) is 10.7 Å². The molecular weight excluding hydrogens is 264 g/mol. The van der Waals surface area contributed by atoms with E-state index in [2.05, 4.69) is 15.7 Å². The van der Waals surface area contributed by atoms with Crippen LogP contribution in [-0.2, 0) is 0 Å². The molecule has 1 aromatic heterocycles. The second-order valence-corrected chi connectivity index (χ2v) is 4.33. The molecule has 0 radical (unpaired) electrons. The molecule has 0 saturated heterocycles. The van der Waals surface area contributed by atoms with Gasteiger partial charge in [0.2, 0.25) is 0 Å². The number of carbonyl (C=O) groups is 1. The number of nitrogens with zero attached hydrogens (tertiary/aromatic N) is 1. The molecule has 0 aliphatic heterocycles. The molecule has 19 heavy (non-hydrogen) atoms.